The molecular formula is C9H12O6. The van der Waals surface area contributed by atoms with E-state index >= 15 is 0 Å². The molecule has 6 heteroatoms. The third-order valence-corrected chi connectivity index (χ3v) is 2.30. The summed E-state index contributed by atoms with van der Waals surface area (Å²) in [5, 5.41) is 38.1. The number of Topliss-reactive ketones (excluding diaryl/α,β-unsaturated/α-hetero) is 1. The van der Waals surface area contributed by atoms with Gasteiger partial charge in [-0.1, -0.05) is 0 Å². The van der Waals surface area contributed by atoms with E-state index < -0.39 is 28.7 Å². The van der Waals surface area contributed by atoms with Crippen LogP contribution in [0.25, 0.3) is 0 Å². The molecule has 6 nitrogen and oxygen atoms in total. The van der Waals surface area contributed by atoms with Crippen LogP contribution in [0.3, 0.4) is 0 Å². The van der Waals surface area contributed by atoms with Gasteiger partial charge < -0.3 is 25.2 Å². The van der Waals surface area contributed by atoms with Crippen molar-refractivity contribution in [1.29, 1.82) is 0 Å². The van der Waals surface area contributed by atoms with Crippen LogP contribution in [0.5, 0.6) is 0 Å². The molecule has 0 radical (unpaired) electrons. The Labute approximate surface area is 85.7 Å². The lowest BCUT2D eigenvalue weighted by atomic mass is 9.83. The lowest BCUT2D eigenvalue weighted by molar-refractivity contribution is -0.244. The smallest absolute Gasteiger partial charge is 0.267 e. The predicted molar refractivity (Wildman–Crippen MR) is 48.6 cm³/mol. The van der Waals surface area contributed by atoms with Gasteiger partial charge in [0.2, 0.25) is 11.4 Å². The largest absolute Gasteiger partial charge is 0.504 e. The molecule has 84 valence electrons. The zero-order chi connectivity index (χ0) is 11.9. The maximum atomic E-state index is 11.1. The summed E-state index contributed by atoms with van der Waals surface area (Å²) in [5.74, 6) is -5.10. The summed E-state index contributed by atoms with van der Waals surface area (Å²) in [6.07, 6.45) is 1.76. The van der Waals surface area contributed by atoms with E-state index in [0.29, 0.717) is 0 Å². The van der Waals surface area contributed by atoms with Crippen LogP contribution in [0.4, 0.5) is 0 Å². The van der Waals surface area contributed by atoms with Gasteiger partial charge in [-0.25, -0.2) is 0 Å². The fourth-order valence-corrected chi connectivity index (χ4v) is 1.35. The highest BCUT2D eigenvalue weighted by atomic mass is 16.6. The molecule has 1 aliphatic rings. The van der Waals surface area contributed by atoms with Gasteiger partial charge >= 0.3 is 0 Å². The van der Waals surface area contributed by atoms with Crippen LogP contribution in [-0.2, 0) is 9.53 Å². The molecule has 1 aliphatic carbocycles. The number of aliphatic hydroxyl groups is 4. The maximum Gasteiger partial charge on any atom is 0.267 e. The molecule has 0 bridgehead atoms. The number of hydrogen-bond donors (Lipinski definition) is 4. The van der Waals surface area contributed by atoms with Crippen molar-refractivity contribution in [3.05, 3.63) is 23.7 Å². The van der Waals surface area contributed by atoms with Gasteiger partial charge in [-0.2, -0.15) is 0 Å². The first-order chi connectivity index (χ1) is 6.77. The maximum absolute atomic E-state index is 11.1. The topological polar surface area (TPSA) is 107 Å². The molecule has 4 N–H and O–H groups in total. The molecule has 0 heterocycles. The molecule has 1 atom stereocenters. The van der Waals surface area contributed by atoms with Gasteiger partial charge in [0, 0.05) is 0 Å². The van der Waals surface area contributed by atoms with Gasteiger partial charge in [-0.3, -0.25) is 4.79 Å². The fourth-order valence-electron chi connectivity index (χ4n) is 1.35. The van der Waals surface area contributed by atoms with Crippen molar-refractivity contribution in [3.8, 4) is 0 Å². The summed E-state index contributed by atoms with van der Waals surface area (Å²) in [7, 11) is 1.08. The number of hydrogen-bond acceptors (Lipinski definition) is 6. The minimum Gasteiger partial charge on any atom is -0.504 e. The molecule has 0 aromatic heterocycles. The molecule has 0 amide bonds. The van der Waals surface area contributed by atoms with Gasteiger partial charge in [-0.05, 0) is 19.1 Å². The first kappa shape index (κ1) is 11.7. The molecule has 1 rings (SSSR count). The Morgan fingerprint density at radius 2 is 1.93 bits per heavy atom. The van der Waals surface area contributed by atoms with Gasteiger partial charge in [0.05, 0.1) is 7.11 Å². The lowest BCUT2D eigenvalue weighted by Crippen LogP contribution is -2.60. The van der Waals surface area contributed by atoms with Gasteiger partial charge in [0.1, 0.15) is 0 Å². The number of carbonyl (C=O) groups is 1. The van der Waals surface area contributed by atoms with E-state index in [1.807, 2.05) is 0 Å². The van der Waals surface area contributed by atoms with Crippen LogP contribution < -0.4 is 0 Å². The second-order valence-electron chi connectivity index (χ2n) is 3.25. The Kier molecular flexibility index (Phi) is 2.60. The lowest BCUT2D eigenvalue weighted by Gasteiger charge is -2.37. The standard InChI is InChI=1S/C9H12O6/c1-5(10)8(12)4-3-6(11)7(15-2)9(8,13)14/h3-4,11-14H,1-2H3/t8-/m1/s1. The number of rotatable bonds is 2. The van der Waals surface area contributed by atoms with Crippen LogP contribution >= 0.6 is 0 Å². The molecule has 0 unspecified atom stereocenters. The number of ketones is 1. The normalized spacial score (nSPS) is 29.1. The van der Waals surface area contributed by atoms with Crippen molar-refractivity contribution in [2.75, 3.05) is 7.11 Å². The predicted octanol–water partition coefficient (Wildman–Crippen LogP) is -1.03. The van der Waals surface area contributed by atoms with E-state index in [2.05, 4.69) is 4.74 Å². The van der Waals surface area contributed by atoms with E-state index in [4.69, 9.17) is 0 Å². The van der Waals surface area contributed by atoms with Gasteiger partial charge in [-0.15, -0.1) is 0 Å². The van der Waals surface area contributed by atoms with Crippen LogP contribution in [0.2, 0.25) is 0 Å². The summed E-state index contributed by atoms with van der Waals surface area (Å²) in [5.41, 5.74) is -2.52. The van der Waals surface area contributed by atoms with E-state index in [0.717, 1.165) is 26.2 Å². The molecular weight excluding hydrogens is 204 g/mol. The van der Waals surface area contributed by atoms with E-state index in [1.54, 1.807) is 0 Å². The van der Waals surface area contributed by atoms with Crippen molar-refractivity contribution >= 4 is 5.78 Å². The quantitative estimate of drug-likeness (QED) is 0.440. The average molecular weight is 216 g/mol. The number of methoxy groups -OCH3 is 1. The first-order valence-corrected chi connectivity index (χ1v) is 4.12. The summed E-state index contributed by atoms with van der Waals surface area (Å²) in [4.78, 5) is 11.1. The fraction of sp³-hybridized carbons (Fsp3) is 0.444. The summed E-state index contributed by atoms with van der Waals surface area (Å²) < 4.78 is 4.53. The molecule has 0 aliphatic heterocycles. The molecule has 0 fully saturated rings. The molecule has 15 heavy (non-hydrogen) atoms. The van der Waals surface area contributed by atoms with Crippen molar-refractivity contribution in [2.45, 2.75) is 18.3 Å². The van der Waals surface area contributed by atoms with Crippen LogP contribution in [0, 0.1) is 0 Å². The number of ether oxygens (including phenoxy) is 1. The average Bonchev–Trinajstić information content (AvgIpc) is 2.12. The van der Waals surface area contributed by atoms with E-state index in [9.17, 15) is 25.2 Å². The third kappa shape index (κ3) is 1.43. The Morgan fingerprint density at radius 1 is 1.40 bits per heavy atom. The molecule has 0 aromatic carbocycles. The molecule has 0 spiro atoms. The second kappa shape index (κ2) is 3.34. The van der Waals surface area contributed by atoms with Crippen molar-refractivity contribution in [2.24, 2.45) is 0 Å². The highest BCUT2D eigenvalue weighted by Crippen LogP contribution is 2.35. The van der Waals surface area contributed by atoms with E-state index in [1.165, 1.54) is 0 Å². The third-order valence-electron chi connectivity index (χ3n) is 2.30. The number of allylic oxidation sites excluding steroid dienone is 1. The Bertz CT molecular complexity index is 354. The molecule has 0 saturated heterocycles. The molecule has 0 aromatic rings. The van der Waals surface area contributed by atoms with Gasteiger partial charge in [0.15, 0.2) is 11.5 Å². The highest BCUT2D eigenvalue weighted by Gasteiger charge is 2.57. The van der Waals surface area contributed by atoms with Crippen LogP contribution in [0.1, 0.15) is 6.92 Å². The zero-order valence-electron chi connectivity index (χ0n) is 8.26. The number of carbonyl (C=O) groups excluding carboxylic acids is 1. The summed E-state index contributed by atoms with van der Waals surface area (Å²) in [6, 6.07) is 0. The van der Waals surface area contributed by atoms with E-state index in [-0.39, 0.29) is 0 Å². The van der Waals surface area contributed by atoms with Crippen LogP contribution in [0.15, 0.2) is 23.7 Å². The minimum absolute atomic E-state index is 0.562. The van der Waals surface area contributed by atoms with Crippen molar-refractivity contribution in [1.82, 2.24) is 0 Å². The Balaban J connectivity index is 3.34. The zero-order valence-corrected chi connectivity index (χ0v) is 8.26. The Morgan fingerprint density at radius 3 is 2.33 bits per heavy atom. The van der Waals surface area contributed by atoms with Gasteiger partial charge in [0.25, 0.3) is 5.79 Å². The minimum atomic E-state index is -2.98. The monoisotopic (exact) mass is 216 g/mol. The van der Waals surface area contributed by atoms with Crippen LogP contribution in [-0.4, -0.2) is 44.7 Å². The SMILES string of the molecule is COC1=C(O)C=C[C@@](O)(C(C)=O)C1(O)O. The second-order valence-corrected chi connectivity index (χ2v) is 3.25. The summed E-state index contributed by atoms with van der Waals surface area (Å²) in [6.45, 7) is 0.987. The number of aliphatic hydroxyl groups excluding tert-OH is 1. The molecule has 0 saturated carbocycles. The highest BCUT2D eigenvalue weighted by molar-refractivity contribution is 5.89. The van der Waals surface area contributed by atoms with Crippen molar-refractivity contribution in [3.63, 3.8) is 0 Å². The first-order valence-electron chi connectivity index (χ1n) is 4.12. The summed E-state index contributed by atoms with van der Waals surface area (Å²) >= 11 is 0. The Hall–Kier alpha value is -1.37. The van der Waals surface area contributed by atoms with Crippen molar-refractivity contribution < 1.29 is 30.0 Å².